The van der Waals surface area contributed by atoms with Gasteiger partial charge in [0, 0.05) is 43.5 Å². The van der Waals surface area contributed by atoms with E-state index < -0.39 is 0 Å². The summed E-state index contributed by atoms with van der Waals surface area (Å²) in [6.07, 6.45) is 4.51. The number of nitrogens with zero attached hydrogens (tertiary/aromatic N) is 2. The van der Waals surface area contributed by atoms with Crippen LogP contribution in [-0.4, -0.2) is 26.9 Å². The smallest absolute Gasteiger partial charge is 0.261 e. The molecule has 0 bridgehead atoms. The highest BCUT2D eigenvalue weighted by Gasteiger charge is 2.27. The molecule has 5 rings (SSSR count). The molecule has 3 heterocycles. The summed E-state index contributed by atoms with van der Waals surface area (Å²) in [5.41, 5.74) is 5.33. The van der Waals surface area contributed by atoms with E-state index in [1.165, 1.54) is 0 Å². The molecule has 6 nitrogen and oxygen atoms in total. The zero-order valence-electron chi connectivity index (χ0n) is 17.6. The van der Waals surface area contributed by atoms with Crippen LogP contribution < -0.4 is 11.1 Å². The molecule has 3 aromatic rings. The third-order valence-electron chi connectivity index (χ3n) is 6.55. The average molecular weight is 415 g/mol. The predicted molar refractivity (Wildman–Crippen MR) is 119 cm³/mol. The molecule has 0 fully saturated rings. The Morgan fingerprint density at radius 1 is 0.968 bits per heavy atom. The van der Waals surface area contributed by atoms with E-state index in [-0.39, 0.29) is 22.6 Å². The highest BCUT2D eigenvalue weighted by Crippen LogP contribution is 2.25. The van der Waals surface area contributed by atoms with E-state index in [4.69, 9.17) is 0 Å². The lowest BCUT2D eigenvalue weighted by molar-refractivity contribution is 0.0730. The van der Waals surface area contributed by atoms with Gasteiger partial charge in [0.15, 0.2) is 0 Å². The average Bonchev–Trinajstić information content (AvgIpc) is 2.80. The number of nitrogens with one attached hydrogen (secondary N) is 1. The molecule has 1 aromatic carbocycles. The monoisotopic (exact) mass is 415 g/mol. The summed E-state index contributed by atoms with van der Waals surface area (Å²) >= 11 is 0. The number of hydrogen-bond acceptors (Lipinski definition) is 3. The second kappa shape index (κ2) is 7.69. The zero-order chi connectivity index (χ0) is 21.5. The van der Waals surface area contributed by atoms with Gasteiger partial charge in [-0.15, -0.1) is 0 Å². The van der Waals surface area contributed by atoms with Gasteiger partial charge in [0.05, 0.1) is 0 Å². The quantitative estimate of drug-likeness (QED) is 0.699. The summed E-state index contributed by atoms with van der Waals surface area (Å²) in [6, 6.07) is 13.3. The van der Waals surface area contributed by atoms with E-state index in [0.717, 1.165) is 53.8 Å². The van der Waals surface area contributed by atoms with Crippen molar-refractivity contribution < 1.29 is 4.79 Å². The van der Waals surface area contributed by atoms with Gasteiger partial charge in [-0.25, -0.2) is 0 Å². The van der Waals surface area contributed by atoms with Gasteiger partial charge < -0.3 is 14.5 Å². The molecule has 0 saturated carbocycles. The van der Waals surface area contributed by atoms with Gasteiger partial charge in [-0.05, 0) is 54.5 Å². The minimum absolute atomic E-state index is 0.0316. The van der Waals surface area contributed by atoms with Gasteiger partial charge in [0.25, 0.3) is 17.0 Å². The first-order valence-electron chi connectivity index (χ1n) is 10.8. The Kier molecular flexibility index (Phi) is 4.85. The van der Waals surface area contributed by atoms with Crippen LogP contribution in [0.25, 0.3) is 11.1 Å². The SMILES string of the molecule is Cn1c2c(cc(-c3ccccc3)c1=O)CN(C(=O)c1cc3c([nH]c1=O)CCCC3)CC2. The molecule has 0 radical (unpaired) electrons. The minimum atomic E-state index is -0.304. The summed E-state index contributed by atoms with van der Waals surface area (Å²) < 4.78 is 1.70. The van der Waals surface area contributed by atoms with E-state index in [9.17, 15) is 14.4 Å². The van der Waals surface area contributed by atoms with Crippen molar-refractivity contribution in [3.8, 4) is 11.1 Å². The van der Waals surface area contributed by atoms with Crippen molar-refractivity contribution in [1.29, 1.82) is 0 Å². The van der Waals surface area contributed by atoms with Crippen LogP contribution in [-0.2, 0) is 32.9 Å². The molecule has 6 heteroatoms. The van der Waals surface area contributed by atoms with E-state index in [0.29, 0.717) is 25.1 Å². The second-order valence-electron chi connectivity index (χ2n) is 8.46. The van der Waals surface area contributed by atoms with Crippen LogP contribution in [0.4, 0.5) is 0 Å². The first kappa shape index (κ1) is 19.5. The van der Waals surface area contributed by atoms with Crippen molar-refractivity contribution in [2.24, 2.45) is 7.05 Å². The Bertz CT molecular complexity index is 1290. The number of aromatic amines is 1. The number of rotatable bonds is 2. The van der Waals surface area contributed by atoms with Gasteiger partial charge in [-0.1, -0.05) is 30.3 Å². The topological polar surface area (TPSA) is 75.2 Å². The number of hydrogen-bond donors (Lipinski definition) is 1. The maximum Gasteiger partial charge on any atom is 0.261 e. The third-order valence-corrected chi connectivity index (χ3v) is 6.55. The van der Waals surface area contributed by atoms with Gasteiger partial charge in [-0.2, -0.15) is 0 Å². The van der Waals surface area contributed by atoms with E-state index >= 15 is 0 Å². The van der Waals surface area contributed by atoms with Crippen molar-refractivity contribution in [3.05, 3.63) is 91.3 Å². The number of aryl methyl sites for hydroxylation is 2. The maximum absolute atomic E-state index is 13.3. The van der Waals surface area contributed by atoms with Crippen LogP contribution in [0.15, 0.2) is 52.1 Å². The van der Waals surface area contributed by atoms with Gasteiger partial charge in [-0.3, -0.25) is 14.4 Å². The molecule has 0 unspecified atom stereocenters. The number of amides is 1. The minimum Gasteiger partial charge on any atom is -0.334 e. The summed E-state index contributed by atoms with van der Waals surface area (Å²) in [5, 5.41) is 0. The predicted octanol–water partition coefficient (Wildman–Crippen LogP) is 2.82. The molecule has 2 aliphatic rings. The first-order chi connectivity index (χ1) is 15.0. The Labute approximate surface area is 180 Å². The number of benzene rings is 1. The fourth-order valence-corrected chi connectivity index (χ4v) is 4.83. The van der Waals surface area contributed by atoms with E-state index in [1.807, 2.05) is 36.4 Å². The number of carbonyl (C=O) groups excluding carboxylic acids is 1. The molecule has 1 aliphatic carbocycles. The lowest BCUT2D eigenvalue weighted by atomic mass is 9.94. The Morgan fingerprint density at radius 3 is 2.55 bits per heavy atom. The summed E-state index contributed by atoms with van der Waals surface area (Å²) in [5.74, 6) is -0.240. The van der Waals surface area contributed by atoms with Gasteiger partial charge in [0.2, 0.25) is 0 Å². The maximum atomic E-state index is 13.3. The number of carbonyl (C=O) groups is 1. The van der Waals surface area contributed by atoms with Gasteiger partial charge in [0.1, 0.15) is 5.56 Å². The molecule has 0 spiro atoms. The largest absolute Gasteiger partial charge is 0.334 e. The molecule has 1 amide bonds. The van der Waals surface area contributed by atoms with Crippen LogP contribution in [0.3, 0.4) is 0 Å². The normalized spacial score (nSPS) is 15.3. The van der Waals surface area contributed by atoms with E-state index in [1.54, 1.807) is 22.6 Å². The summed E-state index contributed by atoms with van der Waals surface area (Å²) in [4.78, 5) is 43.4. The lowest BCUT2D eigenvalue weighted by Gasteiger charge is -2.30. The number of H-pyrrole nitrogens is 1. The highest BCUT2D eigenvalue weighted by molar-refractivity contribution is 5.94. The highest BCUT2D eigenvalue weighted by atomic mass is 16.2. The number of aromatic nitrogens is 2. The Morgan fingerprint density at radius 2 is 1.74 bits per heavy atom. The molecule has 31 heavy (non-hydrogen) atoms. The van der Waals surface area contributed by atoms with Crippen molar-refractivity contribution in [1.82, 2.24) is 14.5 Å². The summed E-state index contributed by atoms with van der Waals surface area (Å²) in [6.45, 7) is 0.874. The zero-order valence-corrected chi connectivity index (χ0v) is 17.6. The van der Waals surface area contributed by atoms with Gasteiger partial charge >= 0.3 is 0 Å². The number of pyridine rings is 2. The van der Waals surface area contributed by atoms with Crippen molar-refractivity contribution in [3.63, 3.8) is 0 Å². The fourth-order valence-electron chi connectivity index (χ4n) is 4.83. The van der Waals surface area contributed by atoms with Crippen LogP contribution in [0.2, 0.25) is 0 Å². The van der Waals surface area contributed by atoms with Crippen molar-refractivity contribution in [2.75, 3.05) is 6.54 Å². The van der Waals surface area contributed by atoms with Crippen LogP contribution in [0.5, 0.6) is 0 Å². The molecule has 0 atom stereocenters. The lowest BCUT2D eigenvalue weighted by Crippen LogP contribution is -2.41. The molecule has 1 N–H and O–H groups in total. The Hall–Kier alpha value is -3.41. The Balaban J connectivity index is 1.50. The van der Waals surface area contributed by atoms with Crippen molar-refractivity contribution >= 4 is 5.91 Å². The third kappa shape index (κ3) is 3.42. The molecule has 2 aromatic heterocycles. The van der Waals surface area contributed by atoms with Crippen molar-refractivity contribution in [2.45, 2.75) is 38.6 Å². The molecular formula is C25H25N3O3. The first-order valence-corrected chi connectivity index (χ1v) is 10.8. The second-order valence-corrected chi connectivity index (χ2v) is 8.46. The van der Waals surface area contributed by atoms with Crippen LogP contribution in [0, 0.1) is 0 Å². The van der Waals surface area contributed by atoms with Crippen LogP contribution >= 0.6 is 0 Å². The molecule has 158 valence electrons. The molecular weight excluding hydrogens is 390 g/mol. The fraction of sp³-hybridized carbons (Fsp3) is 0.320. The molecule has 0 saturated heterocycles. The summed E-state index contributed by atoms with van der Waals surface area (Å²) in [7, 11) is 1.79. The number of fused-ring (bicyclic) bond motifs is 2. The standard InChI is InChI=1S/C25H25N3O3/c1-27-22-11-12-28(15-18(22)14-19(24(27)30)16-7-3-2-4-8-16)25(31)20-13-17-9-5-6-10-21(17)26-23(20)29/h2-4,7-8,13-14H,5-6,9-12,15H2,1H3,(H,26,29). The molecule has 1 aliphatic heterocycles. The van der Waals surface area contributed by atoms with E-state index in [2.05, 4.69) is 4.98 Å². The van der Waals surface area contributed by atoms with Crippen LogP contribution in [0.1, 0.15) is 45.7 Å².